The zero-order valence-corrected chi connectivity index (χ0v) is 12.1. The Hall–Kier alpha value is -1.39. The van der Waals surface area contributed by atoms with Gasteiger partial charge in [-0.15, -0.1) is 0 Å². The predicted octanol–water partition coefficient (Wildman–Crippen LogP) is 5.16. The van der Waals surface area contributed by atoms with Gasteiger partial charge in [-0.05, 0) is 42.8 Å². The van der Waals surface area contributed by atoms with Crippen LogP contribution in [0.3, 0.4) is 0 Å². The number of nitrogens with zero attached hydrogens (tertiary/aromatic N) is 1. The van der Waals surface area contributed by atoms with Crippen molar-refractivity contribution in [2.75, 3.05) is 0 Å². The average Bonchev–Trinajstić information content (AvgIpc) is 2.75. The van der Waals surface area contributed by atoms with Crippen LogP contribution in [0.15, 0.2) is 46.9 Å². The molecule has 0 saturated heterocycles. The van der Waals surface area contributed by atoms with Gasteiger partial charge in [-0.3, -0.25) is 0 Å². The van der Waals surface area contributed by atoms with E-state index in [0.717, 1.165) is 26.0 Å². The Morgan fingerprint density at radius 1 is 1.17 bits per heavy atom. The number of para-hydroxylation sites is 1. The number of hydrogen-bond donors (Lipinski definition) is 0. The van der Waals surface area contributed by atoms with Crippen LogP contribution in [0, 0.1) is 6.92 Å². The van der Waals surface area contributed by atoms with Gasteiger partial charge in [0.2, 0.25) is 0 Å². The first-order valence-electron chi connectivity index (χ1n) is 5.52. The average molecular weight is 320 g/mol. The van der Waals surface area contributed by atoms with E-state index in [9.17, 15) is 0 Å². The molecule has 3 aromatic rings. The van der Waals surface area contributed by atoms with Gasteiger partial charge >= 0.3 is 0 Å². The van der Waals surface area contributed by atoms with Crippen molar-refractivity contribution >= 4 is 37.5 Å². The first-order chi connectivity index (χ1) is 8.72. The Morgan fingerprint density at radius 3 is 2.78 bits per heavy atom. The van der Waals surface area contributed by atoms with Crippen molar-refractivity contribution in [1.82, 2.24) is 4.98 Å². The van der Waals surface area contributed by atoms with Gasteiger partial charge in [0.05, 0.1) is 10.2 Å². The van der Waals surface area contributed by atoms with E-state index in [-0.39, 0.29) is 0 Å². The maximum absolute atomic E-state index is 5.84. The Bertz CT molecular complexity index is 675. The van der Waals surface area contributed by atoms with Gasteiger partial charge < -0.3 is 4.74 Å². The zero-order valence-electron chi connectivity index (χ0n) is 9.68. The third-order valence-corrected chi connectivity index (χ3v) is 4.02. The van der Waals surface area contributed by atoms with E-state index in [0.29, 0.717) is 5.19 Å². The molecule has 0 fully saturated rings. The molecular formula is C14H10BrNOS. The number of thiazole rings is 1. The number of aryl methyl sites for hydroxylation is 1. The van der Waals surface area contributed by atoms with Gasteiger partial charge in [-0.25, -0.2) is 4.98 Å². The van der Waals surface area contributed by atoms with Crippen LogP contribution in [-0.2, 0) is 0 Å². The van der Waals surface area contributed by atoms with Crippen molar-refractivity contribution in [1.29, 1.82) is 0 Å². The Kier molecular flexibility index (Phi) is 3.06. The van der Waals surface area contributed by atoms with Crippen LogP contribution >= 0.6 is 27.3 Å². The van der Waals surface area contributed by atoms with E-state index >= 15 is 0 Å². The Balaban J connectivity index is 1.96. The van der Waals surface area contributed by atoms with Gasteiger partial charge in [0.25, 0.3) is 5.19 Å². The Labute approximate surface area is 117 Å². The third-order valence-electron chi connectivity index (χ3n) is 2.61. The third kappa shape index (κ3) is 2.26. The molecule has 0 unspecified atom stereocenters. The van der Waals surface area contributed by atoms with Crippen molar-refractivity contribution in [2.45, 2.75) is 6.92 Å². The molecule has 1 aromatic heterocycles. The highest BCUT2D eigenvalue weighted by molar-refractivity contribution is 9.10. The molecule has 2 nitrogen and oxygen atoms in total. The van der Waals surface area contributed by atoms with Crippen molar-refractivity contribution in [3.63, 3.8) is 0 Å². The summed E-state index contributed by atoms with van der Waals surface area (Å²) in [6, 6.07) is 14.0. The molecule has 0 aliphatic carbocycles. The van der Waals surface area contributed by atoms with Crippen LogP contribution in [0.25, 0.3) is 10.2 Å². The topological polar surface area (TPSA) is 22.1 Å². The first kappa shape index (κ1) is 11.7. The van der Waals surface area contributed by atoms with Crippen molar-refractivity contribution in [3.8, 4) is 10.9 Å². The highest BCUT2D eigenvalue weighted by Crippen LogP contribution is 2.33. The van der Waals surface area contributed by atoms with Crippen LogP contribution in [-0.4, -0.2) is 4.98 Å². The lowest BCUT2D eigenvalue weighted by molar-refractivity contribution is 0.476. The fourth-order valence-corrected chi connectivity index (χ4v) is 3.02. The maximum atomic E-state index is 5.84. The molecule has 0 radical (unpaired) electrons. The summed E-state index contributed by atoms with van der Waals surface area (Å²) in [5.41, 5.74) is 2.07. The minimum Gasteiger partial charge on any atom is -0.431 e. The van der Waals surface area contributed by atoms with E-state index in [4.69, 9.17) is 4.74 Å². The minimum absolute atomic E-state index is 0.682. The summed E-state index contributed by atoms with van der Waals surface area (Å²) < 4.78 is 8.03. The standard InChI is InChI=1S/C14H10BrNOS/c1-9-8-10(15)6-7-12(9)17-14-16-11-4-2-3-5-13(11)18-14/h2-8H,1H3. The van der Waals surface area contributed by atoms with Gasteiger partial charge in [0.1, 0.15) is 5.75 Å². The van der Waals surface area contributed by atoms with Gasteiger partial charge in [0, 0.05) is 4.47 Å². The summed E-state index contributed by atoms with van der Waals surface area (Å²) in [5.74, 6) is 0.845. The largest absolute Gasteiger partial charge is 0.431 e. The summed E-state index contributed by atoms with van der Waals surface area (Å²) in [5, 5.41) is 0.682. The fraction of sp³-hybridized carbons (Fsp3) is 0.0714. The molecule has 1 heterocycles. The molecular weight excluding hydrogens is 310 g/mol. The monoisotopic (exact) mass is 319 g/mol. The number of aromatic nitrogens is 1. The maximum Gasteiger partial charge on any atom is 0.279 e. The zero-order chi connectivity index (χ0) is 12.5. The van der Waals surface area contributed by atoms with E-state index in [1.165, 1.54) is 0 Å². The molecule has 3 rings (SSSR count). The Morgan fingerprint density at radius 2 is 2.00 bits per heavy atom. The summed E-state index contributed by atoms with van der Waals surface area (Å²) in [6.07, 6.45) is 0. The summed E-state index contributed by atoms with van der Waals surface area (Å²) in [4.78, 5) is 4.46. The highest BCUT2D eigenvalue weighted by Gasteiger charge is 2.07. The molecule has 0 saturated carbocycles. The first-order valence-corrected chi connectivity index (χ1v) is 7.13. The second-order valence-electron chi connectivity index (χ2n) is 3.96. The van der Waals surface area contributed by atoms with Crippen LogP contribution in [0.1, 0.15) is 5.56 Å². The predicted molar refractivity (Wildman–Crippen MR) is 78.6 cm³/mol. The van der Waals surface area contributed by atoms with Gasteiger partial charge in [0.15, 0.2) is 0 Å². The van der Waals surface area contributed by atoms with Crippen LogP contribution in [0.4, 0.5) is 0 Å². The molecule has 0 aliphatic heterocycles. The van der Waals surface area contributed by atoms with Crippen LogP contribution in [0.2, 0.25) is 0 Å². The molecule has 18 heavy (non-hydrogen) atoms. The van der Waals surface area contributed by atoms with Crippen LogP contribution < -0.4 is 4.74 Å². The van der Waals surface area contributed by atoms with Gasteiger partial charge in [-0.2, -0.15) is 0 Å². The molecule has 0 amide bonds. The normalized spacial score (nSPS) is 10.8. The number of ether oxygens (including phenoxy) is 1. The molecule has 2 aromatic carbocycles. The molecule has 0 N–H and O–H groups in total. The fourth-order valence-electron chi connectivity index (χ4n) is 1.72. The second kappa shape index (κ2) is 4.71. The number of halogens is 1. The van der Waals surface area contributed by atoms with E-state index in [2.05, 4.69) is 20.9 Å². The molecule has 0 spiro atoms. The quantitative estimate of drug-likeness (QED) is 0.651. The molecule has 0 atom stereocenters. The molecule has 4 heteroatoms. The lowest BCUT2D eigenvalue weighted by atomic mass is 10.2. The summed E-state index contributed by atoms with van der Waals surface area (Å²) in [6.45, 7) is 2.02. The van der Waals surface area contributed by atoms with E-state index < -0.39 is 0 Å². The summed E-state index contributed by atoms with van der Waals surface area (Å²) >= 11 is 5.00. The van der Waals surface area contributed by atoms with Gasteiger partial charge in [-0.1, -0.05) is 39.4 Å². The molecule has 0 aliphatic rings. The van der Waals surface area contributed by atoms with E-state index in [1.54, 1.807) is 11.3 Å². The SMILES string of the molecule is Cc1cc(Br)ccc1Oc1nc2ccccc2s1. The molecule has 0 bridgehead atoms. The minimum atomic E-state index is 0.682. The lowest BCUT2D eigenvalue weighted by Gasteiger charge is -2.05. The number of hydrogen-bond acceptors (Lipinski definition) is 3. The van der Waals surface area contributed by atoms with Crippen molar-refractivity contribution in [3.05, 3.63) is 52.5 Å². The lowest BCUT2D eigenvalue weighted by Crippen LogP contribution is -1.86. The van der Waals surface area contributed by atoms with E-state index in [1.807, 2.05) is 49.4 Å². The smallest absolute Gasteiger partial charge is 0.279 e. The molecule has 90 valence electrons. The van der Waals surface area contributed by atoms with Crippen molar-refractivity contribution < 1.29 is 4.74 Å². The second-order valence-corrected chi connectivity index (χ2v) is 5.87. The van der Waals surface area contributed by atoms with Crippen LogP contribution in [0.5, 0.6) is 10.9 Å². The highest BCUT2D eigenvalue weighted by atomic mass is 79.9. The van der Waals surface area contributed by atoms with Crippen molar-refractivity contribution in [2.24, 2.45) is 0 Å². The number of rotatable bonds is 2. The number of benzene rings is 2. The number of fused-ring (bicyclic) bond motifs is 1. The summed E-state index contributed by atoms with van der Waals surface area (Å²) in [7, 11) is 0.